The Labute approximate surface area is 158 Å². The number of ether oxygens (including phenoxy) is 3. The fourth-order valence-corrected chi connectivity index (χ4v) is 2.50. The lowest BCUT2D eigenvalue weighted by Gasteiger charge is -2.15. The summed E-state index contributed by atoms with van der Waals surface area (Å²) in [5.74, 6) is 0.871. The van der Waals surface area contributed by atoms with Crippen LogP contribution < -0.4 is 9.47 Å². The fraction of sp³-hybridized carbons (Fsp3) is 0.182. The van der Waals surface area contributed by atoms with Crippen LogP contribution in [0.1, 0.15) is 30.0 Å². The highest BCUT2D eigenvalue weighted by Crippen LogP contribution is 2.33. The Morgan fingerprint density at radius 1 is 1.07 bits per heavy atom. The lowest BCUT2D eigenvalue weighted by Crippen LogP contribution is -2.11. The van der Waals surface area contributed by atoms with Gasteiger partial charge in [-0.15, -0.1) is 6.58 Å². The molecule has 140 valence electrons. The van der Waals surface area contributed by atoms with Gasteiger partial charge in [0.05, 0.1) is 7.11 Å². The molecule has 0 amide bonds. The van der Waals surface area contributed by atoms with Crippen molar-refractivity contribution in [1.82, 2.24) is 0 Å². The molecule has 0 saturated carbocycles. The highest BCUT2D eigenvalue weighted by Gasteiger charge is 2.16. The molecule has 5 nitrogen and oxygen atoms in total. The van der Waals surface area contributed by atoms with Crippen molar-refractivity contribution in [3.8, 4) is 11.5 Å². The second kappa shape index (κ2) is 9.97. The number of benzene rings is 2. The molecule has 0 heterocycles. The van der Waals surface area contributed by atoms with Gasteiger partial charge in [0.1, 0.15) is 11.5 Å². The van der Waals surface area contributed by atoms with E-state index in [0.717, 1.165) is 16.7 Å². The molecule has 0 spiro atoms. The van der Waals surface area contributed by atoms with Crippen LogP contribution in [-0.4, -0.2) is 19.7 Å². The van der Waals surface area contributed by atoms with Gasteiger partial charge in [-0.25, -0.2) is 4.79 Å². The smallest absolute Gasteiger partial charge is 0.496 e. The molecule has 0 N–H and O–H groups in total. The summed E-state index contributed by atoms with van der Waals surface area (Å²) < 4.78 is 15.0. The van der Waals surface area contributed by atoms with E-state index in [4.69, 9.17) is 9.47 Å². The number of methoxy groups -OCH3 is 1. The van der Waals surface area contributed by atoms with Crippen molar-refractivity contribution in [2.75, 3.05) is 7.11 Å². The summed E-state index contributed by atoms with van der Waals surface area (Å²) in [5, 5.41) is 0. The van der Waals surface area contributed by atoms with Gasteiger partial charge in [0.25, 0.3) is 0 Å². The SMILES string of the molecule is C=C(C)CCc1c(OC)cc(/C=C/c2ccccc2)cc1OC(=O)OC=O. The minimum Gasteiger partial charge on any atom is -0.496 e. The van der Waals surface area contributed by atoms with Gasteiger partial charge in [0.15, 0.2) is 0 Å². The first-order chi connectivity index (χ1) is 13.0. The highest BCUT2D eigenvalue weighted by atomic mass is 16.7. The first-order valence-electron chi connectivity index (χ1n) is 8.44. The van der Waals surface area contributed by atoms with Gasteiger partial charge < -0.3 is 14.2 Å². The van der Waals surface area contributed by atoms with Crippen molar-refractivity contribution in [2.24, 2.45) is 0 Å². The van der Waals surface area contributed by atoms with E-state index in [9.17, 15) is 9.59 Å². The quantitative estimate of drug-likeness (QED) is 0.163. The highest BCUT2D eigenvalue weighted by molar-refractivity contribution is 5.75. The molecule has 0 unspecified atom stereocenters. The number of rotatable bonds is 8. The summed E-state index contributed by atoms with van der Waals surface area (Å²) in [6, 6.07) is 13.4. The Morgan fingerprint density at radius 3 is 2.37 bits per heavy atom. The topological polar surface area (TPSA) is 61.8 Å². The predicted molar refractivity (Wildman–Crippen MR) is 105 cm³/mol. The van der Waals surface area contributed by atoms with Crippen LogP contribution in [0.3, 0.4) is 0 Å². The second-order valence-corrected chi connectivity index (χ2v) is 5.97. The molecule has 0 aliphatic rings. The van der Waals surface area contributed by atoms with Gasteiger partial charge >= 0.3 is 12.6 Å². The molecule has 0 aliphatic carbocycles. The first-order valence-corrected chi connectivity index (χ1v) is 8.44. The number of hydrogen-bond acceptors (Lipinski definition) is 5. The number of carbonyl (C=O) groups excluding carboxylic acids is 2. The molecule has 0 aromatic heterocycles. The van der Waals surface area contributed by atoms with Crippen LogP contribution in [0, 0.1) is 0 Å². The third-order valence-corrected chi connectivity index (χ3v) is 3.82. The number of carbonyl (C=O) groups is 2. The maximum absolute atomic E-state index is 11.6. The van der Waals surface area contributed by atoms with E-state index in [1.54, 1.807) is 13.2 Å². The molecular weight excluding hydrogens is 344 g/mol. The molecule has 2 aromatic carbocycles. The number of hydrogen-bond donors (Lipinski definition) is 0. The average Bonchev–Trinajstić information content (AvgIpc) is 2.65. The van der Waals surface area contributed by atoms with Crippen LogP contribution in [0.15, 0.2) is 54.6 Å². The van der Waals surface area contributed by atoms with Gasteiger partial charge in [0.2, 0.25) is 0 Å². The summed E-state index contributed by atoms with van der Waals surface area (Å²) in [6.07, 6.45) is 4.01. The standard InChI is InChI=1S/C22H22O5/c1-16(2)9-12-19-20(25-3)13-18(11-10-17-7-5-4-6-8-17)14-21(19)27-22(24)26-15-23/h4-8,10-11,13-15H,1,9,12H2,2-3H3/b11-10+. The molecule has 0 fully saturated rings. The molecule has 0 atom stereocenters. The lowest BCUT2D eigenvalue weighted by molar-refractivity contribution is -0.124. The van der Waals surface area contributed by atoms with Crippen LogP contribution in [0.5, 0.6) is 11.5 Å². The maximum Gasteiger partial charge on any atom is 0.521 e. The van der Waals surface area contributed by atoms with E-state index in [2.05, 4.69) is 11.3 Å². The molecule has 0 aliphatic heterocycles. The van der Waals surface area contributed by atoms with Crippen molar-refractivity contribution in [3.05, 3.63) is 71.3 Å². The molecule has 0 bridgehead atoms. The molecule has 2 aromatic rings. The zero-order chi connectivity index (χ0) is 19.6. The van der Waals surface area contributed by atoms with Crippen LogP contribution in [0.25, 0.3) is 12.2 Å². The van der Waals surface area contributed by atoms with Gasteiger partial charge in [-0.2, -0.15) is 0 Å². The Morgan fingerprint density at radius 2 is 1.74 bits per heavy atom. The summed E-state index contributed by atoms with van der Waals surface area (Å²) in [7, 11) is 1.55. The molecule has 5 heteroatoms. The van der Waals surface area contributed by atoms with Crippen molar-refractivity contribution in [3.63, 3.8) is 0 Å². The Kier molecular flexibility index (Phi) is 7.37. The van der Waals surface area contributed by atoms with E-state index in [1.165, 1.54) is 0 Å². The van der Waals surface area contributed by atoms with E-state index in [1.807, 2.05) is 55.5 Å². The lowest BCUT2D eigenvalue weighted by atomic mass is 10.0. The van der Waals surface area contributed by atoms with Crippen molar-refractivity contribution >= 4 is 24.8 Å². The Hall–Kier alpha value is -3.34. The molecule has 0 radical (unpaired) electrons. The molecular formula is C22H22O5. The van der Waals surface area contributed by atoms with E-state index in [0.29, 0.717) is 24.2 Å². The normalized spacial score (nSPS) is 10.4. The van der Waals surface area contributed by atoms with Crippen LogP contribution in [0.4, 0.5) is 4.79 Å². The second-order valence-electron chi connectivity index (χ2n) is 5.97. The third kappa shape index (κ3) is 6.15. The van der Waals surface area contributed by atoms with E-state index < -0.39 is 6.16 Å². The maximum atomic E-state index is 11.6. The Bertz CT molecular complexity index is 837. The van der Waals surface area contributed by atoms with Gasteiger partial charge in [-0.05, 0) is 43.0 Å². The summed E-state index contributed by atoms with van der Waals surface area (Å²) in [6.45, 7) is 5.85. The molecule has 27 heavy (non-hydrogen) atoms. The summed E-state index contributed by atoms with van der Waals surface area (Å²) >= 11 is 0. The predicted octanol–water partition coefficient (Wildman–Crippen LogP) is 5.05. The Balaban J connectivity index is 2.40. The van der Waals surface area contributed by atoms with Crippen molar-refractivity contribution in [1.29, 1.82) is 0 Å². The van der Waals surface area contributed by atoms with Crippen LogP contribution in [-0.2, 0) is 16.0 Å². The monoisotopic (exact) mass is 366 g/mol. The fourth-order valence-electron chi connectivity index (χ4n) is 2.50. The zero-order valence-electron chi connectivity index (χ0n) is 15.4. The zero-order valence-corrected chi connectivity index (χ0v) is 15.4. The van der Waals surface area contributed by atoms with Crippen molar-refractivity contribution < 1.29 is 23.8 Å². The first kappa shape index (κ1) is 20.0. The minimum absolute atomic E-state index is 0.0340. The van der Waals surface area contributed by atoms with Crippen LogP contribution >= 0.6 is 0 Å². The third-order valence-electron chi connectivity index (χ3n) is 3.82. The van der Waals surface area contributed by atoms with Crippen molar-refractivity contribution in [2.45, 2.75) is 19.8 Å². The van der Waals surface area contributed by atoms with E-state index >= 15 is 0 Å². The average molecular weight is 366 g/mol. The van der Waals surface area contributed by atoms with Gasteiger partial charge in [0, 0.05) is 5.56 Å². The van der Waals surface area contributed by atoms with Crippen LogP contribution in [0.2, 0.25) is 0 Å². The summed E-state index contributed by atoms with van der Waals surface area (Å²) in [5.41, 5.74) is 3.51. The van der Waals surface area contributed by atoms with E-state index in [-0.39, 0.29) is 12.2 Å². The summed E-state index contributed by atoms with van der Waals surface area (Å²) in [4.78, 5) is 22.0. The molecule has 2 rings (SSSR count). The largest absolute Gasteiger partial charge is 0.521 e. The van der Waals surface area contributed by atoms with Gasteiger partial charge in [-0.1, -0.05) is 48.1 Å². The molecule has 0 saturated heterocycles. The van der Waals surface area contributed by atoms with Gasteiger partial charge in [-0.3, -0.25) is 4.79 Å². The number of allylic oxidation sites excluding steroid dienone is 1. The minimum atomic E-state index is -1.09.